The van der Waals surface area contributed by atoms with Gasteiger partial charge in [0.2, 0.25) is 0 Å². The zero-order chi connectivity index (χ0) is 13.8. The Morgan fingerprint density at radius 3 is 2.80 bits per heavy atom. The second-order valence-electron chi connectivity index (χ2n) is 4.32. The summed E-state index contributed by atoms with van der Waals surface area (Å²) in [5.74, 6) is 0. The molecule has 0 aliphatic carbocycles. The maximum absolute atomic E-state index is 5.90. The minimum absolute atomic E-state index is 0.141. The van der Waals surface area contributed by atoms with Gasteiger partial charge >= 0.3 is 0 Å². The lowest BCUT2D eigenvalue weighted by molar-refractivity contribution is 0.927. The number of nitrogens with zero attached hydrogens (tertiary/aromatic N) is 3. The summed E-state index contributed by atoms with van der Waals surface area (Å²) < 4.78 is 0. The molecule has 1 unspecified atom stereocenters. The Balaban J connectivity index is 1.96. The van der Waals surface area contributed by atoms with Crippen LogP contribution in [0.1, 0.15) is 10.8 Å². The van der Waals surface area contributed by atoms with E-state index in [0.29, 0.717) is 6.54 Å². The van der Waals surface area contributed by atoms with Crippen LogP contribution in [-0.4, -0.2) is 21.5 Å². The minimum Gasteiger partial charge on any atom is -0.329 e. The van der Waals surface area contributed by atoms with Gasteiger partial charge in [0.1, 0.15) is 11.4 Å². The quantitative estimate of drug-likeness (QED) is 0.589. The Kier molecular flexibility index (Phi) is 3.90. The molecule has 0 saturated heterocycles. The largest absolute Gasteiger partial charge is 0.329 e. The van der Waals surface area contributed by atoms with Crippen molar-refractivity contribution in [1.29, 1.82) is 0 Å². The van der Waals surface area contributed by atoms with Gasteiger partial charge in [-0.2, -0.15) is 0 Å². The van der Waals surface area contributed by atoms with Crippen molar-refractivity contribution in [2.75, 3.05) is 6.54 Å². The van der Waals surface area contributed by atoms with E-state index >= 15 is 0 Å². The lowest BCUT2D eigenvalue weighted by Gasteiger charge is -2.14. The van der Waals surface area contributed by atoms with Gasteiger partial charge in [0, 0.05) is 29.6 Å². The maximum Gasteiger partial charge on any atom is 0.117 e. The third kappa shape index (κ3) is 2.64. The van der Waals surface area contributed by atoms with Crippen molar-refractivity contribution in [3.8, 4) is 0 Å². The van der Waals surface area contributed by atoms with Gasteiger partial charge in [-0.25, -0.2) is 9.97 Å². The summed E-state index contributed by atoms with van der Waals surface area (Å²) in [4.78, 5) is 12.8. The highest BCUT2D eigenvalue weighted by Crippen LogP contribution is 2.35. The van der Waals surface area contributed by atoms with Crippen molar-refractivity contribution in [1.82, 2.24) is 15.0 Å². The number of aromatic nitrogens is 3. The molecule has 1 atom stereocenters. The first-order valence-electron chi connectivity index (χ1n) is 6.35. The van der Waals surface area contributed by atoms with Crippen molar-refractivity contribution in [3.63, 3.8) is 0 Å². The summed E-state index contributed by atoms with van der Waals surface area (Å²) in [5.41, 5.74) is 7.97. The van der Waals surface area contributed by atoms with Crippen molar-refractivity contribution in [2.24, 2.45) is 5.73 Å². The van der Waals surface area contributed by atoms with E-state index in [1.54, 1.807) is 24.3 Å². The normalized spacial score (nSPS) is 12.4. The maximum atomic E-state index is 5.90. The highest BCUT2D eigenvalue weighted by atomic mass is 32.2. The van der Waals surface area contributed by atoms with Crippen LogP contribution in [0.3, 0.4) is 0 Å². The monoisotopic (exact) mass is 282 g/mol. The van der Waals surface area contributed by atoms with E-state index in [1.165, 1.54) is 0 Å². The summed E-state index contributed by atoms with van der Waals surface area (Å²) in [7, 11) is 0. The smallest absolute Gasteiger partial charge is 0.117 e. The molecule has 0 saturated carbocycles. The fourth-order valence-corrected chi connectivity index (χ4v) is 3.08. The van der Waals surface area contributed by atoms with E-state index in [9.17, 15) is 0 Å². The van der Waals surface area contributed by atoms with Gasteiger partial charge in [-0.15, -0.1) is 0 Å². The Morgan fingerprint density at radius 1 is 1.10 bits per heavy atom. The molecule has 0 aliphatic heterocycles. The molecule has 0 amide bonds. The molecule has 20 heavy (non-hydrogen) atoms. The van der Waals surface area contributed by atoms with Crippen LogP contribution in [-0.2, 0) is 0 Å². The van der Waals surface area contributed by atoms with Crippen LogP contribution >= 0.6 is 11.8 Å². The number of pyridine rings is 1. The van der Waals surface area contributed by atoms with Crippen molar-refractivity contribution in [2.45, 2.75) is 10.3 Å². The summed E-state index contributed by atoms with van der Waals surface area (Å²) in [6.07, 6.45) is 5.22. The molecule has 0 bridgehead atoms. The summed E-state index contributed by atoms with van der Waals surface area (Å²) >= 11 is 1.66. The van der Waals surface area contributed by atoms with Gasteiger partial charge in [0.15, 0.2) is 0 Å². The van der Waals surface area contributed by atoms with Gasteiger partial charge in [0.25, 0.3) is 0 Å². The van der Waals surface area contributed by atoms with Crippen LogP contribution in [0.5, 0.6) is 0 Å². The van der Waals surface area contributed by atoms with Crippen molar-refractivity contribution >= 4 is 22.7 Å². The third-order valence-electron chi connectivity index (χ3n) is 3.03. The molecule has 0 aliphatic rings. The molecule has 100 valence electrons. The number of nitrogens with two attached hydrogens (primary N) is 1. The SMILES string of the molecule is NCC(Sc1ncnc2ccccc12)c1cccnc1. The summed E-state index contributed by atoms with van der Waals surface area (Å²) in [6, 6.07) is 12.0. The topological polar surface area (TPSA) is 64.7 Å². The first-order chi connectivity index (χ1) is 9.88. The van der Waals surface area contributed by atoms with E-state index in [2.05, 4.69) is 15.0 Å². The molecule has 5 heteroatoms. The Labute approximate surface area is 121 Å². The molecule has 1 aromatic carbocycles. The first kappa shape index (κ1) is 13.0. The number of rotatable bonds is 4. The molecule has 2 aromatic heterocycles. The highest BCUT2D eigenvalue weighted by Gasteiger charge is 2.14. The molecule has 0 fully saturated rings. The summed E-state index contributed by atoms with van der Waals surface area (Å²) in [5, 5.41) is 2.15. The first-order valence-corrected chi connectivity index (χ1v) is 7.23. The molecular weight excluding hydrogens is 268 g/mol. The van der Waals surface area contributed by atoms with Crippen LogP contribution in [0.25, 0.3) is 10.9 Å². The predicted octanol–water partition coefficient (Wildman–Crippen LogP) is 2.82. The van der Waals surface area contributed by atoms with Crippen LogP contribution in [0.15, 0.2) is 60.1 Å². The lowest BCUT2D eigenvalue weighted by atomic mass is 10.2. The molecule has 4 nitrogen and oxygen atoms in total. The number of hydrogen-bond donors (Lipinski definition) is 1. The zero-order valence-electron chi connectivity index (χ0n) is 10.8. The van der Waals surface area contributed by atoms with Gasteiger partial charge in [-0.1, -0.05) is 36.0 Å². The van der Waals surface area contributed by atoms with E-state index in [0.717, 1.165) is 21.5 Å². The number of fused-ring (bicyclic) bond motifs is 1. The average Bonchev–Trinajstić information content (AvgIpc) is 2.53. The van der Waals surface area contributed by atoms with Gasteiger partial charge in [0.05, 0.1) is 5.52 Å². The van der Waals surface area contributed by atoms with E-state index < -0.39 is 0 Å². The summed E-state index contributed by atoms with van der Waals surface area (Å²) in [6.45, 7) is 0.536. The van der Waals surface area contributed by atoms with Crippen molar-refractivity contribution < 1.29 is 0 Å². The molecule has 0 spiro atoms. The van der Waals surface area contributed by atoms with Crippen LogP contribution in [0.2, 0.25) is 0 Å². The number of benzene rings is 1. The minimum atomic E-state index is 0.141. The predicted molar refractivity (Wildman–Crippen MR) is 81.4 cm³/mol. The van der Waals surface area contributed by atoms with Gasteiger partial charge in [-0.3, -0.25) is 4.98 Å². The second-order valence-corrected chi connectivity index (χ2v) is 5.52. The van der Waals surface area contributed by atoms with Crippen LogP contribution < -0.4 is 5.73 Å². The lowest BCUT2D eigenvalue weighted by Crippen LogP contribution is -2.09. The van der Waals surface area contributed by atoms with Crippen molar-refractivity contribution in [3.05, 3.63) is 60.7 Å². The van der Waals surface area contributed by atoms with Crippen LogP contribution in [0.4, 0.5) is 0 Å². The fourth-order valence-electron chi connectivity index (χ4n) is 2.03. The van der Waals surface area contributed by atoms with E-state index in [4.69, 9.17) is 5.73 Å². The van der Waals surface area contributed by atoms with Gasteiger partial charge < -0.3 is 5.73 Å². The number of hydrogen-bond acceptors (Lipinski definition) is 5. The van der Waals surface area contributed by atoms with Crippen LogP contribution in [0, 0.1) is 0 Å². The molecule has 3 aromatic rings. The molecular formula is C15H14N4S. The highest BCUT2D eigenvalue weighted by molar-refractivity contribution is 7.99. The Morgan fingerprint density at radius 2 is 2.00 bits per heavy atom. The fraction of sp³-hybridized carbons (Fsp3) is 0.133. The zero-order valence-corrected chi connectivity index (χ0v) is 11.6. The second kappa shape index (κ2) is 5.98. The molecule has 2 heterocycles. The number of para-hydroxylation sites is 1. The standard InChI is InChI=1S/C15H14N4S/c16-8-14(11-4-3-7-17-9-11)20-15-12-5-1-2-6-13(12)18-10-19-15/h1-7,9-10,14H,8,16H2. The Hall–Kier alpha value is -1.98. The van der Waals surface area contributed by atoms with E-state index in [-0.39, 0.29) is 5.25 Å². The van der Waals surface area contributed by atoms with E-state index in [1.807, 2.05) is 42.6 Å². The number of thioether (sulfide) groups is 1. The Bertz CT molecular complexity index is 697. The molecule has 2 N–H and O–H groups in total. The van der Waals surface area contributed by atoms with Gasteiger partial charge in [-0.05, 0) is 17.7 Å². The molecule has 3 rings (SSSR count). The third-order valence-corrected chi connectivity index (χ3v) is 4.33. The molecule has 0 radical (unpaired) electrons. The average molecular weight is 282 g/mol.